The molecule has 41 heavy (non-hydrogen) atoms. The summed E-state index contributed by atoms with van der Waals surface area (Å²) in [5, 5.41) is 0. The van der Waals surface area contributed by atoms with Gasteiger partial charge in [-0.05, 0) is 81.3 Å². The molecule has 1 fully saturated rings. The molecule has 2 aliphatic rings. The number of fused-ring (bicyclic) bond motifs is 1. The summed E-state index contributed by atoms with van der Waals surface area (Å²) in [6.07, 6.45) is 7.26. The van der Waals surface area contributed by atoms with Crippen LogP contribution >= 0.6 is 0 Å². The number of benzene rings is 3. The van der Waals surface area contributed by atoms with Crippen molar-refractivity contribution in [1.82, 2.24) is 0 Å². The van der Waals surface area contributed by atoms with Gasteiger partial charge in [-0.3, -0.25) is 0 Å². The molecule has 6 atom stereocenters. The third-order valence-corrected chi connectivity index (χ3v) is 9.09. The average Bonchev–Trinajstić information content (AvgIpc) is 2.91. The Bertz CT molecular complexity index is 1510. The molecule has 0 aliphatic heterocycles. The average molecular weight is 549 g/mol. The quantitative estimate of drug-likeness (QED) is 0.302. The lowest BCUT2D eigenvalue weighted by Gasteiger charge is -2.55. The van der Waals surface area contributed by atoms with Gasteiger partial charge in [-0.25, -0.2) is 9.59 Å². The number of carbonyl (C=O) groups excluding carboxylic acids is 2. The summed E-state index contributed by atoms with van der Waals surface area (Å²) in [5.74, 6) is -1.11. The van der Waals surface area contributed by atoms with E-state index in [0.717, 1.165) is 33.4 Å². The first-order chi connectivity index (χ1) is 19.5. The van der Waals surface area contributed by atoms with Crippen LogP contribution in [0.5, 0.6) is 0 Å². The lowest BCUT2D eigenvalue weighted by Crippen LogP contribution is -2.57. The van der Waals surface area contributed by atoms with E-state index < -0.39 is 24.1 Å². The van der Waals surface area contributed by atoms with Gasteiger partial charge in [-0.2, -0.15) is 0 Å². The zero-order chi connectivity index (χ0) is 29.5. The predicted octanol–water partition coefficient (Wildman–Crippen LogP) is 8.16. The first-order valence-corrected chi connectivity index (χ1v) is 14.5. The highest BCUT2D eigenvalue weighted by molar-refractivity contribution is 5.91. The van der Waals surface area contributed by atoms with Crippen molar-refractivity contribution in [2.45, 2.75) is 66.6 Å². The molecule has 0 N–H and O–H groups in total. The largest absolute Gasteiger partial charge is 0.454 e. The Labute approximate surface area is 244 Å². The van der Waals surface area contributed by atoms with Crippen LogP contribution in [0.3, 0.4) is 0 Å². The molecule has 3 aromatic carbocycles. The second kappa shape index (κ2) is 11.2. The molecule has 3 aromatic rings. The molecule has 4 nitrogen and oxygen atoms in total. The van der Waals surface area contributed by atoms with E-state index >= 15 is 0 Å². The number of allylic oxidation sites excluding steroid dienone is 4. The van der Waals surface area contributed by atoms with Gasteiger partial charge in [0.25, 0.3) is 0 Å². The normalized spacial score (nSPS) is 26.8. The lowest BCUT2D eigenvalue weighted by atomic mass is 9.53. The van der Waals surface area contributed by atoms with Crippen LogP contribution in [-0.2, 0) is 9.47 Å². The standard InChI is InChI=1S/C37H40O4/c1-22-16-23(2)19-28(18-22)35(38)40-33-27(6)37(7)15-11-10-14-31(37)32(30-13-9-8-12-26(30)5)34(33)41-36(39)29-20-24(3)17-25(4)21-29/h8-21,27,31-34H,1-7H3. The fourth-order valence-electron chi connectivity index (χ4n) is 6.98. The lowest BCUT2D eigenvalue weighted by molar-refractivity contribution is -0.121. The summed E-state index contributed by atoms with van der Waals surface area (Å²) < 4.78 is 12.9. The maximum Gasteiger partial charge on any atom is 0.338 e. The van der Waals surface area contributed by atoms with E-state index in [1.807, 2.05) is 76.2 Å². The Hall–Kier alpha value is -3.92. The maximum atomic E-state index is 13.8. The van der Waals surface area contributed by atoms with Gasteiger partial charge in [0.1, 0.15) is 12.2 Å². The highest BCUT2D eigenvalue weighted by atomic mass is 16.6. The second-order valence-corrected chi connectivity index (χ2v) is 12.3. The molecule has 0 saturated heterocycles. The van der Waals surface area contributed by atoms with Crippen molar-refractivity contribution in [3.05, 3.63) is 129 Å². The van der Waals surface area contributed by atoms with E-state index in [0.29, 0.717) is 11.1 Å². The monoisotopic (exact) mass is 548 g/mol. The Balaban J connectivity index is 1.63. The van der Waals surface area contributed by atoms with Crippen molar-refractivity contribution in [2.24, 2.45) is 17.3 Å². The van der Waals surface area contributed by atoms with Crippen LogP contribution in [0, 0.1) is 51.9 Å². The Morgan fingerprint density at radius 3 is 1.76 bits per heavy atom. The van der Waals surface area contributed by atoms with E-state index in [1.54, 1.807) is 0 Å². The number of hydrogen-bond acceptors (Lipinski definition) is 4. The van der Waals surface area contributed by atoms with Crippen LogP contribution in [-0.4, -0.2) is 24.1 Å². The SMILES string of the molecule is Cc1cc(C)cc(C(=O)OC2C(OC(=O)c3cc(C)cc(C)c3)C(C)C3(C)C=CC=CC3C2c2ccccc2C)c1. The van der Waals surface area contributed by atoms with Crippen LogP contribution in [0.25, 0.3) is 0 Å². The summed E-state index contributed by atoms with van der Waals surface area (Å²) in [7, 11) is 0. The summed E-state index contributed by atoms with van der Waals surface area (Å²) in [6.45, 7) is 14.3. The molecular formula is C37H40O4. The van der Waals surface area contributed by atoms with Gasteiger partial charge in [-0.1, -0.05) is 96.8 Å². The predicted molar refractivity (Wildman–Crippen MR) is 163 cm³/mol. The van der Waals surface area contributed by atoms with E-state index in [9.17, 15) is 9.59 Å². The molecule has 0 radical (unpaired) electrons. The van der Waals surface area contributed by atoms with E-state index in [-0.39, 0.29) is 23.2 Å². The van der Waals surface area contributed by atoms with Crippen molar-refractivity contribution in [3.63, 3.8) is 0 Å². The van der Waals surface area contributed by atoms with Crippen molar-refractivity contribution in [1.29, 1.82) is 0 Å². The third kappa shape index (κ3) is 5.53. The van der Waals surface area contributed by atoms with Crippen molar-refractivity contribution < 1.29 is 19.1 Å². The first kappa shape index (κ1) is 28.6. The summed E-state index contributed by atoms with van der Waals surface area (Å²) in [4.78, 5) is 27.6. The first-order valence-electron chi connectivity index (χ1n) is 14.5. The highest BCUT2D eigenvalue weighted by Gasteiger charge is 2.57. The number of hydrogen-bond donors (Lipinski definition) is 0. The Morgan fingerprint density at radius 1 is 0.707 bits per heavy atom. The number of esters is 2. The highest BCUT2D eigenvalue weighted by Crippen LogP contribution is 2.56. The van der Waals surface area contributed by atoms with Crippen LogP contribution < -0.4 is 0 Å². The molecule has 5 rings (SSSR count). The van der Waals surface area contributed by atoms with Gasteiger partial charge < -0.3 is 9.47 Å². The van der Waals surface area contributed by atoms with Gasteiger partial charge in [-0.15, -0.1) is 0 Å². The van der Waals surface area contributed by atoms with Crippen LogP contribution in [0.1, 0.15) is 73.9 Å². The fraction of sp³-hybridized carbons (Fsp3) is 0.351. The maximum absolute atomic E-state index is 13.8. The molecule has 0 amide bonds. The van der Waals surface area contributed by atoms with Crippen molar-refractivity contribution >= 4 is 11.9 Å². The van der Waals surface area contributed by atoms with Crippen LogP contribution in [0.2, 0.25) is 0 Å². The number of ether oxygens (including phenoxy) is 2. The Morgan fingerprint density at radius 2 is 1.22 bits per heavy atom. The van der Waals surface area contributed by atoms with Gasteiger partial charge in [0.05, 0.1) is 11.1 Å². The minimum absolute atomic E-state index is 0.0387. The van der Waals surface area contributed by atoms with Crippen LogP contribution in [0.15, 0.2) is 85.0 Å². The molecule has 1 saturated carbocycles. The minimum atomic E-state index is -0.691. The number of carbonyl (C=O) groups is 2. The molecule has 2 aliphatic carbocycles. The molecule has 0 spiro atoms. The molecule has 0 heterocycles. The van der Waals surface area contributed by atoms with Crippen molar-refractivity contribution in [3.8, 4) is 0 Å². The summed E-state index contributed by atoms with van der Waals surface area (Å²) in [5.41, 5.74) is 6.89. The third-order valence-electron chi connectivity index (χ3n) is 9.09. The molecule has 6 unspecified atom stereocenters. The smallest absolute Gasteiger partial charge is 0.338 e. The molecular weight excluding hydrogens is 508 g/mol. The zero-order valence-corrected chi connectivity index (χ0v) is 25.1. The molecule has 0 bridgehead atoms. The number of rotatable bonds is 5. The minimum Gasteiger partial charge on any atom is -0.454 e. The van der Waals surface area contributed by atoms with E-state index in [1.165, 1.54) is 0 Å². The molecule has 0 aromatic heterocycles. The summed E-state index contributed by atoms with van der Waals surface area (Å²) >= 11 is 0. The Kier molecular flexibility index (Phi) is 7.78. The van der Waals surface area contributed by atoms with Gasteiger partial charge >= 0.3 is 11.9 Å². The second-order valence-electron chi connectivity index (χ2n) is 12.3. The van der Waals surface area contributed by atoms with Crippen molar-refractivity contribution in [2.75, 3.05) is 0 Å². The number of aryl methyl sites for hydroxylation is 5. The van der Waals surface area contributed by atoms with E-state index in [2.05, 4.69) is 57.2 Å². The van der Waals surface area contributed by atoms with Gasteiger partial charge in [0, 0.05) is 11.8 Å². The molecule has 212 valence electrons. The van der Waals surface area contributed by atoms with Gasteiger partial charge in [0.15, 0.2) is 0 Å². The van der Waals surface area contributed by atoms with Gasteiger partial charge in [0.2, 0.25) is 0 Å². The summed E-state index contributed by atoms with van der Waals surface area (Å²) in [6, 6.07) is 19.7. The zero-order valence-electron chi connectivity index (χ0n) is 25.1. The molecule has 4 heteroatoms. The van der Waals surface area contributed by atoms with Crippen LogP contribution in [0.4, 0.5) is 0 Å². The van der Waals surface area contributed by atoms with E-state index in [4.69, 9.17) is 9.47 Å². The topological polar surface area (TPSA) is 52.6 Å². The fourth-order valence-corrected chi connectivity index (χ4v) is 6.98.